The maximum absolute atomic E-state index is 12.9. The van der Waals surface area contributed by atoms with Crippen LogP contribution in [0.2, 0.25) is 5.02 Å². The van der Waals surface area contributed by atoms with Crippen LogP contribution in [-0.4, -0.2) is 55.1 Å². The highest BCUT2D eigenvalue weighted by Crippen LogP contribution is 2.28. The number of hydrogen-bond donors (Lipinski definition) is 6. The molecule has 0 atom stereocenters. The van der Waals surface area contributed by atoms with Crippen molar-refractivity contribution in [1.29, 1.82) is 0 Å². The Balaban J connectivity index is 0.000000156. The Kier molecular flexibility index (Phi) is 14.6. The van der Waals surface area contributed by atoms with Gasteiger partial charge in [0.2, 0.25) is 0 Å². The van der Waals surface area contributed by atoms with Crippen LogP contribution in [0.5, 0.6) is 17.2 Å². The van der Waals surface area contributed by atoms with Gasteiger partial charge in [-0.15, -0.1) is 17.9 Å². The molecule has 0 aliphatic heterocycles. The van der Waals surface area contributed by atoms with E-state index in [1.807, 2.05) is 17.5 Å². The van der Waals surface area contributed by atoms with E-state index in [-0.39, 0.29) is 57.6 Å². The summed E-state index contributed by atoms with van der Waals surface area (Å²) in [4.78, 5) is 36.8. The van der Waals surface area contributed by atoms with Gasteiger partial charge in [0.1, 0.15) is 23.1 Å². The first-order valence-electron chi connectivity index (χ1n) is 18.2. The number of nitrogens with zero attached hydrogens (tertiary/aromatic N) is 3. The number of thiophene rings is 1. The van der Waals surface area contributed by atoms with Crippen LogP contribution in [-0.2, 0) is 6.54 Å². The number of phenolic OH excluding ortho intramolecular Hbond substituents is 3. The molecule has 0 radical (unpaired) electrons. The van der Waals surface area contributed by atoms with Gasteiger partial charge in [-0.25, -0.2) is 4.39 Å². The number of benzene rings is 4. The van der Waals surface area contributed by atoms with E-state index >= 15 is 0 Å². The Bertz CT molecular complexity index is 2750. The Hall–Kier alpha value is -8.02. The van der Waals surface area contributed by atoms with Crippen molar-refractivity contribution in [1.82, 2.24) is 26.1 Å². The van der Waals surface area contributed by atoms with E-state index in [0.29, 0.717) is 41.0 Å². The summed E-state index contributed by atoms with van der Waals surface area (Å²) in [5.74, 6) is -0.0388. The molecule has 4 aromatic heterocycles. The van der Waals surface area contributed by atoms with Crippen molar-refractivity contribution in [2.24, 2.45) is 0 Å². The number of rotatable bonds is 11. The van der Waals surface area contributed by atoms with Crippen molar-refractivity contribution >= 4 is 46.3 Å². The van der Waals surface area contributed by atoms with Crippen molar-refractivity contribution in [3.05, 3.63) is 172 Å². The van der Waals surface area contributed by atoms with Crippen LogP contribution < -0.4 is 16.0 Å². The van der Waals surface area contributed by atoms with Crippen LogP contribution in [0.15, 0.2) is 153 Å². The summed E-state index contributed by atoms with van der Waals surface area (Å²) in [5.41, 5.74) is 2.69. The van der Waals surface area contributed by atoms with E-state index in [2.05, 4.69) is 38.0 Å². The molecule has 0 aliphatic carbocycles. The lowest BCUT2D eigenvalue weighted by molar-refractivity contribution is 0.0936. The molecular weight excluding hydrogens is 843 g/mol. The monoisotopic (exact) mass is 876 g/mol. The second kappa shape index (κ2) is 20.8. The number of halogens is 2. The smallest absolute Gasteiger partial charge is 0.277 e. The van der Waals surface area contributed by atoms with Crippen LogP contribution in [0, 0.1) is 5.82 Å². The van der Waals surface area contributed by atoms with Gasteiger partial charge in [-0.2, -0.15) is 0 Å². The lowest BCUT2D eigenvalue weighted by Gasteiger charge is -2.05. The van der Waals surface area contributed by atoms with E-state index < -0.39 is 5.91 Å². The predicted octanol–water partition coefficient (Wildman–Crippen LogP) is 9.09. The molecule has 0 bridgehead atoms. The Morgan fingerprint density at radius 2 is 1.15 bits per heavy atom. The number of nitrogens with one attached hydrogen (secondary N) is 3. The summed E-state index contributed by atoms with van der Waals surface area (Å²) >= 11 is 7.40. The van der Waals surface area contributed by atoms with Crippen molar-refractivity contribution in [2.45, 2.75) is 6.54 Å². The summed E-state index contributed by atoms with van der Waals surface area (Å²) in [7, 11) is 0. The van der Waals surface area contributed by atoms with E-state index in [1.54, 1.807) is 65.9 Å². The highest BCUT2D eigenvalue weighted by atomic mass is 35.5. The molecule has 0 unspecified atom stereocenters. The predicted molar refractivity (Wildman–Crippen MR) is 228 cm³/mol. The second-order valence-electron chi connectivity index (χ2n) is 12.7. The van der Waals surface area contributed by atoms with E-state index in [1.165, 1.54) is 60.7 Å². The Labute approximate surface area is 360 Å². The number of amides is 3. The summed E-state index contributed by atoms with van der Waals surface area (Å²) in [6.07, 6.45) is 1.58. The molecule has 8 aromatic rings. The lowest BCUT2D eigenvalue weighted by Crippen LogP contribution is -2.23. The average Bonchev–Trinajstić information content (AvgIpc) is 4.13. The third-order valence-corrected chi connectivity index (χ3v) is 9.39. The molecule has 3 amide bonds. The zero-order valence-corrected chi connectivity index (χ0v) is 33.7. The molecule has 4 heterocycles. The number of aromatic nitrogens is 3. The molecule has 8 rings (SSSR count). The van der Waals surface area contributed by atoms with Gasteiger partial charge in [-0.1, -0.05) is 39.2 Å². The average molecular weight is 877 g/mol. The normalized spacial score (nSPS) is 10.4. The van der Waals surface area contributed by atoms with Crippen molar-refractivity contribution < 1.29 is 47.7 Å². The molecule has 0 fully saturated rings. The number of hydrogen-bond acceptors (Lipinski definition) is 13. The van der Waals surface area contributed by atoms with Gasteiger partial charge in [0.05, 0.1) is 12.2 Å². The summed E-state index contributed by atoms with van der Waals surface area (Å²) in [5, 5.41) is 49.4. The first kappa shape index (κ1) is 43.6. The van der Waals surface area contributed by atoms with Crippen molar-refractivity contribution in [3.63, 3.8) is 0 Å². The minimum absolute atomic E-state index is 0.0173. The second-order valence-corrected chi connectivity index (χ2v) is 14.2. The lowest BCUT2D eigenvalue weighted by atomic mass is 10.1. The van der Waals surface area contributed by atoms with E-state index in [4.69, 9.17) is 25.2 Å². The minimum atomic E-state index is -0.570. The largest absolute Gasteiger partial charge is 0.508 e. The van der Waals surface area contributed by atoms with Crippen LogP contribution in [0.1, 0.15) is 36.3 Å². The summed E-state index contributed by atoms with van der Waals surface area (Å²) in [6, 6.07) is 31.2. The topological polar surface area (TPSA) is 226 Å². The third-order valence-electron chi connectivity index (χ3n) is 8.28. The summed E-state index contributed by atoms with van der Waals surface area (Å²) in [6.45, 7) is 4.35. The maximum atomic E-state index is 12.9. The molecule has 0 saturated heterocycles. The first-order valence-corrected chi connectivity index (χ1v) is 19.5. The van der Waals surface area contributed by atoms with Gasteiger partial charge in [-0.05, 0) is 102 Å². The fourth-order valence-corrected chi connectivity index (χ4v) is 5.96. The van der Waals surface area contributed by atoms with Crippen LogP contribution >= 0.6 is 22.9 Å². The third kappa shape index (κ3) is 12.0. The van der Waals surface area contributed by atoms with Gasteiger partial charge in [0.25, 0.3) is 17.7 Å². The van der Waals surface area contributed by atoms with Crippen LogP contribution in [0.25, 0.3) is 34.0 Å². The Morgan fingerprint density at radius 3 is 1.63 bits per heavy atom. The van der Waals surface area contributed by atoms with Gasteiger partial charge in [-0.3, -0.25) is 14.4 Å². The van der Waals surface area contributed by atoms with Crippen molar-refractivity contribution in [3.8, 4) is 51.2 Å². The molecule has 4 aromatic carbocycles. The number of carbonyl (C=O) groups excluding carboxylic acids is 3. The zero-order valence-electron chi connectivity index (χ0n) is 32.1. The number of carbonyl (C=O) groups is 3. The maximum Gasteiger partial charge on any atom is 0.277 e. The quantitative estimate of drug-likeness (QED) is 0.0528. The first-order chi connectivity index (χ1) is 29.9. The Morgan fingerprint density at radius 1 is 0.661 bits per heavy atom. The van der Waals surface area contributed by atoms with E-state index in [9.17, 15) is 34.1 Å². The highest BCUT2D eigenvalue weighted by molar-refractivity contribution is 7.09. The molecule has 0 aliphatic rings. The van der Waals surface area contributed by atoms with Gasteiger partial charge >= 0.3 is 0 Å². The van der Waals surface area contributed by atoms with Crippen LogP contribution in [0.3, 0.4) is 0 Å². The van der Waals surface area contributed by atoms with E-state index in [0.717, 1.165) is 16.0 Å². The molecular formula is C44H34ClFN6O9S. The minimum Gasteiger partial charge on any atom is -0.508 e. The zero-order chi connectivity index (χ0) is 44.0. The van der Waals surface area contributed by atoms with Gasteiger partial charge in [0, 0.05) is 51.3 Å². The molecule has 0 saturated carbocycles. The van der Waals surface area contributed by atoms with Crippen molar-refractivity contribution in [2.75, 3.05) is 11.9 Å². The molecule has 314 valence electrons. The van der Waals surface area contributed by atoms with Crippen LogP contribution in [0.4, 0.5) is 10.1 Å². The standard InChI is InChI=1S/C16H10ClFN2O3.C15H12N2O3S.C13H12N2O3/c17-10-3-6-14(21)12(7-10)19-16(22)13-8-15(23-20-13)9-1-4-11(18)5-2-9;18-11-5-3-10(4-6-11)14-8-13(17-20-14)15(19)16-9-12-2-1-7-21-12;1-2-7-14-13(17)11-8-12(18-15-11)9-3-5-10(16)6-4-9/h1-8,21H,(H,19,22);1-8,18H,9H2,(H,16,19);2-6,8,16H,1,7H2,(H,14,17). The van der Waals surface area contributed by atoms with Gasteiger partial charge < -0.3 is 44.8 Å². The molecule has 15 nitrogen and oxygen atoms in total. The molecule has 6 N–H and O–H groups in total. The SMILES string of the molecule is C=CCNC(=O)c1cc(-c2ccc(O)cc2)on1.O=C(NCc1cccs1)c1cc(-c2ccc(O)cc2)on1.O=C(Nc1cc(Cl)ccc1O)c1cc(-c2ccc(F)cc2)on1. The van der Waals surface area contributed by atoms with Gasteiger partial charge in [0.15, 0.2) is 34.4 Å². The fourth-order valence-electron chi connectivity index (χ4n) is 5.14. The fraction of sp³-hybridized carbons (Fsp3) is 0.0455. The molecule has 18 heteroatoms. The number of phenols is 3. The number of aromatic hydroxyl groups is 3. The molecule has 62 heavy (non-hydrogen) atoms. The number of anilines is 1. The summed E-state index contributed by atoms with van der Waals surface area (Å²) < 4.78 is 28.2. The molecule has 0 spiro atoms. The highest BCUT2D eigenvalue weighted by Gasteiger charge is 2.17.